The second kappa shape index (κ2) is 6.92. The molecule has 21 heavy (non-hydrogen) atoms. The maximum absolute atomic E-state index is 12.3. The Kier molecular flexibility index (Phi) is 5.21. The number of hydrogen-bond acceptors (Lipinski definition) is 2. The van der Waals surface area contributed by atoms with Gasteiger partial charge in [0.25, 0.3) is 5.91 Å². The van der Waals surface area contributed by atoms with Gasteiger partial charge in [-0.1, -0.05) is 42.3 Å². The van der Waals surface area contributed by atoms with Gasteiger partial charge in [-0.05, 0) is 43.2 Å². The second-order valence-corrected chi connectivity index (χ2v) is 5.63. The normalized spacial score (nSPS) is 12.0. The van der Waals surface area contributed by atoms with E-state index in [1.54, 1.807) is 19.1 Å². The highest BCUT2D eigenvalue weighted by molar-refractivity contribution is 6.30. The SMILES string of the molecule is CCC(NC(=O)c1cc(C)nc(Cl)c1)c1cccc(Cl)c1. The zero-order valence-electron chi connectivity index (χ0n) is 11.9. The summed E-state index contributed by atoms with van der Waals surface area (Å²) in [6.07, 6.45) is 0.768. The minimum absolute atomic E-state index is 0.0940. The van der Waals surface area contributed by atoms with Gasteiger partial charge in [-0.2, -0.15) is 0 Å². The van der Waals surface area contributed by atoms with Crippen molar-refractivity contribution in [1.82, 2.24) is 10.3 Å². The fraction of sp³-hybridized carbons (Fsp3) is 0.250. The van der Waals surface area contributed by atoms with Crippen LogP contribution in [0, 0.1) is 6.92 Å². The summed E-state index contributed by atoms with van der Waals surface area (Å²) in [7, 11) is 0. The molecule has 3 nitrogen and oxygen atoms in total. The van der Waals surface area contributed by atoms with Crippen molar-refractivity contribution in [3.8, 4) is 0 Å². The van der Waals surface area contributed by atoms with Gasteiger partial charge in [0.1, 0.15) is 5.15 Å². The number of nitrogens with one attached hydrogen (secondary N) is 1. The van der Waals surface area contributed by atoms with E-state index in [0.717, 1.165) is 12.0 Å². The third kappa shape index (κ3) is 4.19. The maximum Gasteiger partial charge on any atom is 0.251 e. The van der Waals surface area contributed by atoms with Crippen molar-refractivity contribution in [1.29, 1.82) is 0 Å². The number of nitrogens with zero attached hydrogens (tertiary/aromatic N) is 1. The molecule has 1 heterocycles. The summed E-state index contributed by atoms with van der Waals surface area (Å²) >= 11 is 11.9. The van der Waals surface area contributed by atoms with Gasteiger partial charge >= 0.3 is 0 Å². The molecule has 0 saturated heterocycles. The highest BCUT2D eigenvalue weighted by atomic mass is 35.5. The number of aryl methyl sites for hydroxylation is 1. The van der Waals surface area contributed by atoms with Crippen molar-refractivity contribution >= 4 is 29.1 Å². The van der Waals surface area contributed by atoms with Crippen LogP contribution in [0.5, 0.6) is 0 Å². The highest BCUT2D eigenvalue weighted by Gasteiger charge is 2.15. The topological polar surface area (TPSA) is 42.0 Å². The average molecular weight is 323 g/mol. The number of halogens is 2. The lowest BCUT2D eigenvalue weighted by Crippen LogP contribution is -2.28. The highest BCUT2D eigenvalue weighted by Crippen LogP contribution is 2.21. The Morgan fingerprint density at radius 1 is 1.29 bits per heavy atom. The number of hydrogen-bond donors (Lipinski definition) is 1. The lowest BCUT2D eigenvalue weighted by Gasteiger charge is -2.18. The predicted molar refractivity (Wildman–Crippen MR) is 85.9 cm³/mol. The molecule has 5 heteroatoms. The average Bonchev–Trinajstić information content (AvgIpc) is 2.43. The smallest absolute Gasteiger partial charge is 0.251 e. The monoisotopic (exact) mass is 322 g/mol. The number of pyridine rings is 1. The minimum atomic E-state index is -0.172. The fourth-order valence-electron chi connectivity index (χ4n) is 2.15. The number of carbonyl (C=O) groups excluding carboxylic acids is 1. The van der Waals surface area contributed by atoms with Crippen molar-refractivity contribution < 1.29 is 4.79 Å². The predicted octanol–water partition coefficient (Wildman–Crippen LogP) is 4.58. The molecule has 110 valence electrons. The zero-order chi connectivity index (χ0) is 15.4. The number of rotatable bonds is 4. The van der Waals surface area contributed by atoms with Gasteiger partial charge in [-0.3, -0.25) is 4.79 Å². The molecule has 0 bridgehead atoms. The van der Waals surface area contributed by atoms with Crippen molar-refractivity contribution in [3.05, 3.63) is 63.4 Å². The Morgan fingerprint density at radius 2 is 2.05 bits per heavy atom. The van der Waals surface area contributed by atoms with Crippen LogP contribution in [0.25, 0.3) is 0 Å². The molecule has 0 fully saturated rings. The van der Waals surface area contributed by atoms with Gasteiger partial charge in [-0.25, -0.2) is 4.98 Å². The lowest BCUT2D eigenvalue weighted by molar-refractivity contribution is 0.0935. The molecule has 1 atom stereocenters. The summed E-state index contributed by atoms with van der Waals surface area (Å²) in [6.45, 7) is 3.81. The van der Waals surface area contributed by atoms with Crippen molar-refractivity contribution in [2.24, 2.45) is 0 Å². The molecule has 0 spiro atoms. The van der Waals surface area contributed by atoms with E-state index in [4.69, 9.17) is 23.2 Å². The van der Waals surface area contributed by atoms with Gasteiger partial charge in [-0.15, -0.1) is 0 Å². The van der Waals surface area contributed by atoms with Gasteiger partial charge < -0.3 is 5.32 Å². The van der Waals surface area contributed by atoms with E-state index in [2.05, 4.69) is 10.3 Å². The van der Waals surface area contributed by atoms with Crippen LogP contribution >= 0.6 is 23.2 Å². The quantitative estimate of drug-likeness (QED) is 0.837. The summed E-state index contributed by atoms with van der Waals surface area (Å²) in [4.78, 5) is 16.4. The van der Waals surface area contributed by atoms with E-state index >= 15 is 0 Å². The van der Waals surface area contributed by atoms with Gasteiger partial charge in [0.15, 0.2) is 0 Å². The third-order valence-corrected chi connectivity index (χ3v) is 3.58. The molecule has 1 amide bonds. The van der Waals surface area contributed by atoms with Crippen LogP contribution in [0.2, 0.25) is 10.2 Å². The first-order chi connectivity index (χ1) is 9.99. The number of amides is 1. The number of aromatic nitrogens is 1. The van der Waals surface area contributed by atoms with Gasteiger partial charge in [0, 0.05) is 16.3 Å². The van der Waals surface area contributed by atoms with Crippen LogP contribution in [0.4, 0.5) is 0 Å². The van der Waals surface area contributed by atoms with Crippen LogP contribution in [0.15, 0.2) is 36.4 Å². The lowest BCUT2D eigenvalue weighted by atomic mass is 10.0. The summed E-state index contributed by atoms with van der Waals surface area (Å²) in [5.74, 6) is -0.172. The van der Waals surface area contributed by atoms with Crippen molar-refractivity contribution in [2.75, 3.05) is 0 Å². The molecule has 0 radical (unpaired) electrons. The fourth-order valence-corrected chi connectivity index (χ4v) is 2.59. The van der Waals surface area contributed by atoms with Gasteiger partial charge in [0.05, 0.1) is 6.04 Å². The molecule has 2 aromatic rings. The Labute approximate surface area is 134 Å². The largest absolute Gasteiger partial charge is 0.345 e. The summed E-state index contributed by atoms with van der Waals surface area (Å²) in [5.41, 5.74) is 2.20. The van der Waals surface area contributed by atoms with E-state index in [9.17, 15) is 4.79 Å². The van der Waals surface area contributed by atoms with Crippen LogP contribution in [-0.4, -0.2) is 10.9 Å². The van der Waals surface area contributed by atoms with Crippen LogP contribution in [-0.2, 0) is 0 Å². The number of benzene rings is 1. The molecule has 1 aromatic carbocycles. The molecular formula is C16H16Cl2N2O. The molecule has 0 aliphatic heterocycles. The first kappa shape index (κ1) is 15.8. The first-order valence-corrected chi connectivity index (χ1v) is 7.45. The number of carbonyl (C=O) groups is 1. The molecule has 0 aliphatic rings. The standard InChI is InChI=1S/C16H16Cl2N2O/c1-3-14(11-5-4-6-13(17)8-11)20-16(21)12-7-10(2)19-15(18)9-12/h4-9,14H,3H2,1-2H3,(H,20,21). The maximum atomic E-state index is 12.3. The van der Waals surface area contributed by atoms with E-state index < -0.39 is 0 Å². The van der Waals surface area contributed by atoms with Crippen LogP contribution < -0.4 is 5.32 Å². The van der Waals surface area contributed by atoms with E-state index in [1.807, 2.05) is 31.2 Å². The van der Waals surface area contributed by atoms with Crippen molar-refractivity contribution in [3.63, 3.8) is 0 Å². The first-order valence-electron chi connectivity index (χ1n) is 6.70. The third-order valence-electron chi connectivity index (χ3n) is 3.15. The van der Waals surface area contributed by atoms with Crippen molar-refractivity contribution in [2.45, 2.75) is 26.3 Å². The molecule has 2 rings (SSSR count). The van der Waals surface area contributed by atoms with Crippen LogP contribution in [0.3, 0.4) is 0 Å². The summed E-state index contributed by atoms with van der Waals surface area (Å²) < 4.78 is 0. The van der Waals surface area contributed by atoms with E-state index in [0.29, 0.717) is 21.4 Å². The Hall–Kier alpha value is -1.58. The Morgan fingerprint density at radius 3 is 2.67 bits per heavy atom. The van der Waals surface area contributed by atoms with E-state index in [1.165, 1.54) is 0 Å². The Bertz CT molecular complexity index is 638. The van der Waals surface area contributed by atoms with Gasteiger partial charge in [0.2, 0.25) is 0 Å². The molecule has 0 saturated carbocycles. The minimum Gasteiger partial charge on any atom is -0.345 e. The summed E-state index contributed by atoms with van der Waals surface area (Å²) in [5, 5.41) is 3.97. The Balaban J connectivity index is 2.20. The molecule has 1 N–H and O–H groups in total. The molecular weight excluding hydrogens is 307 g/mol. The second-order valence-electron chi connectivity index (χ2n) is 4.81. The van der Waals surface area contributed by atoms with E-state index in [-0.39, 0.29) is 11.9 Å². The molecule has 1 unspecified atom stereocenters. The van der Waals surface area contributed by atoms with Crippen LogP contribution in [0.1, 0.15) is 41.0 Å². The zero-order valence-corrected chi connectivity index (χ0v) is 13.4. The summed E-state index contributed by atoms with van der Waals surface area (Å²) in [6, 6.07) is 10.7. The molecule has 0 aliphatic carbocycles. The molecule has 1 aromatic heterocycles.